The van der Waals surface area contributed by atoms with E-state index in [0.717, 1.165) is 17.7 Å². The number of hydrogen-bond donors (Lipinski definition) is 1. The number of rotatable bonds is 5. The van der Waals surface area contributed by atoms with Crippen molar-refractivity contribution in [2.24, 2.45) is 0 Å². The van der Waals surface area contributed by atoms with E-state index < -0.39 is 10.0 Å². The molecule has 0 spiro atoms. The van der Waals surface area contributed by atoms with Crippen LogP contribution < -0.4 is 10.2 Å². The number of hydrogen-bond acceptors (Lipinski definition) is 7. The van der Waals surface area contributed by atoms with E-state index in [4.69, 9.17) is 0 Å². The first-order valence-electron chi connectivity index (χ1n) is 10.9. The number of aromatic nitrogens is 2. The average Bonchev–Trinajstić information content (AvgIpc) is 3.45. The van der Waals surface area contributed by atoms with E-state index in [2.05, 4.69) is 15.5 Å². The van der Waals surface area contributed by atoms with Gasteiger partial charge in [-0.15, -0.1) is 10.2 Å². The lowest BCUT2D eigenvalue weighted by atomic mass is 10.0. The van der Waals surface area contributed by atoms with Gasteiger partial charge in [0.1, 0.15) is 5.01 Å². The number of piperidine rings is 1. The van der Waals surface area contributed by atoms with Crippen molar-refractivity contribution in [1.29, 1.82) is 0 Å². The molecule has 0 aliphatic carbocycles. The third kappa shape index (κ3) is 4.22. The van der Waals surface area contributed by atoms with Crippen LogP contribution in [0.5, 0.6) is 0 Å². The number of anilines is 2. The van der Waals surface area contributed by atoms with Gasteiger partial charge in [0.2, 0.25) is 20.9 Å². The van der Waals surface area contributed by atoms with Crippen molar-refractivity contribution in [3.63, 3.8) is 0 Å². The molecule has 1 N–H and O–H groups in total. The lowest BCUT2D eigenvalue weighted by Gasteiger charge is -2.30. The predicted octanol–water partition coefficient (Wildman–Crippen LogP) is 2.88. The first-order valence-corrected chi connectivity index (χ1v) is 13.2. The molecule has 0 radical (unpaired) electrons. The zero-order chi connectivity index (χ0) is 23.9. The summed E-state index contributed by atoms with van der Waals surface area (Å²) in [5.74, 6) is -0.528. The second kappa shape index (κ2) is 8.90. The molecule has 11 heteroatoms. The highest BCUT2D eigenvalue weighted by Gasteiger charge is 2.34. The van der Waals surface area contributed by atoms with Crippen LogP contribution in [0.4, 0.5) is 11.4 Å². The van der Waals surface area contributed by atoms with Crippen LogP contribution in [0, 0.1) is 0 Å². The predicted molar refractivity (Wildman–Crippen MR) is 129 cm³/mol. The zero-order valence-corrected chi connectivity index (χ0v) is 20.1. The van der Waals surface area contributed by atoms with Gasteiger partial charge in [-0.2, -0.15) is 4.31 Å². The summed E-state index contributed by atoms with van der Waals surface area (Å²) in [6.45, 7) is 0.683. The molecule has 0 unspecified atom stereocenters. The number of nitrogens with one attached hydrogen (secondary N) is 1. The standard InChI is InChI=1S/C23H23N5O4S2/c1-27-19-10-9-18(12-16(19)13-20(27)29)34(31,32)28-11-5-6-15(14-28)22-25-26-23(33-22)21(30)24-17-7-3-2-4-8-17/h2-4,7-10,12,15H,5-6,11,13-14H2,1H3,(H,24,30)/t15-/m1/s1. The molecule has 1 fully saturated rings. The summed E-state index contributed by atoms with van der Waals surface area (Å²) in [5.41, 5.74) is 2.14. The molecule has 2 aliphatic heterocycles. The summed E-state index contributed by atoms with van der Waals surface area (Å²) >= 11 is 1.19. The minimum absolute atomic E-state index is 0.0500. The van der Waals surface area contributed by atoms with Gasteiger partial charge in [0.05, 0.1) is 11.3 Å². The Morgan fingerprint density at radius 1 is 1.15 bits per heavy atom. The number of benzene rings is 2. The van der Waals surface area contributed by atoms with E-state index in [0.29, 0.717) is 23.7 Å². The molecular weight excluding hydrogens is 474 g/mol. The Morgan fingerprint density at radius 2 is 1.94 bits per heavy atom. The molecule has 9 nitrogen and oxygen atoms in total. The SMILES string of the molecule is CN1C(=O)Cc2cc(S(=O)(=O)N3CCC[C@@H](c4nnc(C(=O)Nc5ccccc5)s4)C3)ccc21. The molecule has 1 aromatic heterocycles. The van der Waals surface area contributed by atoms with E-state index >= 15 is 0 Å². The third-order valence-electron chi connectivity index (χ3n) is 6.17. The quantitative estimate of drug-likeness (QED) is 0.580. The fraction of sp³-hybridized carbons (Fsp3) is 0.304. The summed E-state index contributed by atoms with van der Waals surface area (Å²) in [4.78, 5) is 26.2. The fourth-order valence-corrected chi connectivity index (χ4v) is 6.75. The van der Waals surface area contributed by atoms with Gasteiger partial charge in [0.15, 0.2) is 0 Å². The number of carbonyl (C=O) groups excluding carboxylic acids is 2. The van der Waals surface area contributed by atoms with Crippen LogP contribution in [0.15, 0.2) is 53.4 Å². The third-order valence-corrected chi connectivity index (χ3v) is 9.11. The highest BCUT2D eigenvalue weighted by Crippen LogP contribution is 2.34. The molecule has 5 rings (SSSR count). The first-order chi connectivity index (χ1) is 16.3. The van der Waals surface area contributed by atoms with Crippen LogP contribution >= 0.6 is 11.3 Å². The summed E-state index contributed by atoms with van der Waals surface area (Å²) in [6, 6.07) is 14.0. The highest BCUT2D eigenvalue weighted by atomic mass is 32.2. The normalized spacial score (nSPS) is 18.7. The van der Waals surface area contributed by atoms with E-state index in [1.807, 2.05) is 18.2 Å². The molecule has 1 atom stereocenters. The molecule has 34 heavy (non-hydrogen) atoms. The Morgan fingerprint density at radius 3 is 2.74 bits per heavy atom. The second-order valence-electron chi connectivity index (χ2n) is 8.39. The summed E-state index contributed by atoms with van der Waals surface area (Å²) < 4.78 is 28.2. The maximum absolute atomic E-state index is 13.4. The number of likely N-dealkylation sites (N-methyl/N-ethyl adjacent to an activating group) is 1. The molecule has 3 aromatic rings. The number of sulfonamides is 1. The molecule has 2 aliphatic rings. The Hall–Kier alpha value is -3.15. The van der Waals surface area contributed by atoms with Crippen molar-refractivity contribution in [2.75, 3.05) is 30.4 Å². The largest absolute Gasteiger partial charge is 0.320 e. The molecule has 1 saturated heterocycles. The van der Waals surface area contributed by atoms with Crippen LogP contribution in [0.3, 0.4) is 0 Å². The monoisotopic (exact) mass is 497 g/mol. The van der Waals surface area contributed by atoms with E-state index in [1.54, 1.807) is 42.3 Å². The van der Waals surface area contributed by atoms with Gasteiger partial charge in [-0.3, -0.25) is 9.59 Å². The van der Waals surface area contributed by atoms with Gasteiger partial charge in [-0.05, 0) is 48.7 Å². The lowest BCUT2D eigenvalue weighted by Crippen LogP contribution is -2.39. The van der Waals surface area contributed by atoms with Crippen LogP contribution in [0.25, 0.3) is 0 Å². The molecule has 2 aromatic carbocycles. The number of carbonyl (C=O) groups is 2. The van der Waals surface area contributed by atoms with Crippen molar-refractivity contribution >= 4 is 44.5 Å². The van der Waals surface area contributed by atoms with Gasteiger partial charge < -0.3 is 10.2 Å². The summed E-state index contributed by atoms with van der Waals surface area (Å²) in [5, 5.41) is 11.9. The average molecular weight is 498 g/mol. The van der Waals surface area contributed by atoms with Crippen molar-refractivity contribution in [3.8, 4) is 0 Å². The Labute approximate surface area is 201 Å². The Balaban J connectivity index is 1.31. The smallest absolute Gasteiger partial charge is 0.286 e. The van der Waals surface area contributed by atoms with Crippen molar-refractivity contribution in [2.45, 2.75) is 30.1 Å². The number of amides is 2. The van der Waals surface area contributed by atoms with E-state index in [1.165, 1.54) is 15.6 Å². The Bertz CT molecular complexity index is 1360. The molecule has 3 heterocycles. The zero-order valence-electron chi connectivity index (χ0n) is 18.5. The second-order valence-corrected chi connectivity index (χ2v) is 11.3. The maximum Gasteiger partial charge on any atom is 0.286 e. The van der Waals surface area contributed by atoms with E-state index in [9.17, 15) is 18.0 Å². The number of fused-ring (bicyclic) bond motifs is 1. The summed E-state index contributed by atoms with van der Waals surface area (Å²) in [7, 11) is -2.04. The van der Waals surface area contributed by atoms with Crippen LogP contribution in [0.1, 0.15) is 39.1 Å². The van der Waals surface area contributed by atoms with Crippen molar-refractivity contribution in [1.82, 2.24) is 14.5 Å². The Kier molecular flexibility index (Phi) is 5.92. The number of para-hydroxylation sites is 1. The number of nitrogens with zero attached hydrogens (tertiary/aromatic N) is 4. The van der Waals surface area contributed by atoms with Gasteiger partial charge in [0, 0.05) is 37.4 Å². The lowest BCUT2D eigenvalue weighted by molar-refractivity contribution is -0.117. The molecule has 2 amide bonds. The minimum Gasteiger partial charge on any atom is -0.320 e. The van der Waals surface area contributed by atoms with Gasteiger partial charge >= 0.3 is 0 Å². The highest BCUT2D eigenvalue weighted by molar-refractivity contribution is 7.89. The van der Waals surface area contributed by atoms with Gasteiger partial charge in [0.25, 0.3) is 5.91 Å². The van der Waals surface area contributed by atoms with Crippen LogP contribution in [-0.4, -0.2) is 54.9 Å². The van der Waals surface area contributed by atoms with Gasteiger partial charge in [-0.1, -0.05) is 29.5 Å². The van der Waals surface area contributed by atoms with Crippen molar-refractivity contribution in [3.05, 3.63) is 64.1 Å². The van der Waals surface area contributed by atoms with E-state index in [-0.39, 0.29) is 40.6 Å². The maximum atomic E-state index is 13.4. The van der Waals surface area contributed by atoms with Crippen LogP contribution in [0.2, 0.25) is 0 Å². The topological polar surface area (TPSA) is 113 Å². The first kappa shape index (κ1) is 22.6. The molecule has 0 bridgehead atoms. The minimum atomic E-state index is -3.73. The summed E-state index contributed by atoms with van der Waals surface area (Å²) in [6.07, 6.45) is 1.65. The molecule has 0 saturated carbocycles. The van der Waals surface area contributed by atoms with Crippen molar-refractivity contribution < 1.29 is 18.0 Å². The fourth-order valence-electron chi connectivity index (χ4n) is 4.32. The van der Waals surface area contributed by atoms with Gasteiger partial charge in [-0.25, -0.2) is 8.42 Å². The molecule has 176 valence electrons. The molecular formula is C23H23N5O4S2. The van der Waals surface area contributed by atoms with Crippen LogP contribution in [-0.2, 0) is 21.2 Å².